The molecule has 0 radical (unpaired) electrons. The van der Waals surface area contributed by atoms with Crippen molar-refractivity contribution in [3.05, 3.63) is 48.2 Å². The molecule has 0 bridgehead atoms. The number of benzene rings is 1. The highest BCUT2D eigenvalue weighted by molar-refractivity contribution is 5.92. The molecule has 0 aliphatic carbocycles. The van der Waals surface area contributed by atoms with Crippen LogP contribution in [0.4, 0.5) is 0 Å². The van der Waals surface area contributed by atoms with Gasteiger partial charge in [0.05, 0.1) is 11.0 Å². The normalized spacial score (nSPS) is 17.3. The van der Waals surface area contributed by atoms with Crippen molar-refractivity contribution >= 4 is 16.9 Å². The number of aromatic nitrogens is 8. The molecule has 4 heterocycles. The zero-order valence-electron chi connectivity index (χ0n) is 15.4. The van der Waals surface area contributed by atoms with Gasteiger partial charge >= 0.3 is 0 Å². The molecular weight excluding hydrogens is 358 g/mol. The van der Waals surface area contributed by atoms with E-state index in [1.54, 1.807) is 6.07 Å². The number of imidazole rings is 1. The predicted molar refractivity (Wildman–Crippen MR) is 99.9 cm³/mol. The summed E-state index contributed by atoms with van der Waals surface area (Å²) in [6.45, 7) is 1.35. The van der Waals surface area contributed by atoms with Crippen LogP contribution in [0.15, 0.2) is 36.7 Å². The van der Waals surface area contributed by atoms with Crippen molar-refractivity contribution in [2.75, 3.05) is 13.1 Å². The molecule has 1 unspecified atom stereocenters. The topological polar surface area (TPSA) is 110 Å². The van der Waals surface area contributed by atoms with E-state index in [4.69, 9.17) is 4.98 Å². The average molecular weight is 377 g/mol. The molecule has 142 valence electrons. The number of fused-ring (bicyclic) bond motifs is 1. The Morgan fingerprint density at radius 1 is 1.29 bits per heavy atom. The quantitative estimate of drug-likeness (QED) is 0.576. The Kier molecular flexibility index (Phi) is 3.89. The Balaban J connectivity index is 1.38. The summed E-state index contributed by atoms with van der Waals surface area (Å²) in [6.07, 6.45) is 3.39. The van der Waals surface area contributed by atoms with Crippen molar-refractivity contribution in [2.24, 2.45) is 7.05 Å². The second-order valence-corrected chi connectivity index (χ2v) is 7.00. The molecule has 0 saturated carbocycles. The Bertz CT molecular complexity index is 1130. The van der Waals surface area contributed by atoms with Gasteiger partial charge in [-0.25, -0.2) is 4.98 Å². The first-order valence-corrected chi connectivity index (χ1v) is 9.20. The number of carbonyl (C=O) groups excluding carboxylic acids is 1. The average Bonchev–Trinajstić information content (AvgIpc) is 3.48. The lowest BCUT2D eigenvalue weighted by atomic mass is 9.97. The van der Waals surface area contributed by atoms with Crippen LogP contribution in [0, 0.1) is 0 Å². The molecule has 10 nitrogen and oxygen atoms in total. The van der Waals surface area contributed by atoms with Crippen LogP contribution < -0.4 is 0 Å². The fraction of sp³-hybridized carbons (Fsp3) is 0.333. The van der Waals surface area contributed by atoms with Gasteiger partial charge in [0, 0.05) is 32.1 Å². The number of hydrogen-bond donors (Lipinski definition) is 1. The lowest BCUT2D eigenvalue weighted by molar-refractivity contribution is 0.0697. The third-order valence-electron chi connectivity index (χ3n) is 5.27. The molecule has 3 aromatic heterocycles. The van der Waals surface area contributed by atoms with Crippen molar-refractivity contribution in [3.8, 4) is 5.82 Å². The summed E-state index contributed by atoms with van der Waals surface area (Å²) in [5, 5.41) is 17.9. The number of aromatic amines is 1. The molecule has 0 spiro atoms. The number of likely N-dealkylation sites (tertiary alicyclic amines) is 1. The predicted octanol–water partition coefficient (Wildman–Crippen LogP) is 1.29. The van der Waals surface area contributed by atoms with Gasteiger partial charge in [0.15, 0.2) is 5.82 Å². The third kappa shape index (κ3) is 2.73. The van der Waals surface area contributed by atoms with E-state index >= 15 is 0 Å². The molecule has 1 amide bonds. The number of hydrogen-bond acceptors (Lipinski definition) is 6. The van der Waals surface area contributed by atoms with Gasteiger partial charge in [0.2, 0.25) is 0 Å². The molecule has 1 aliphatic rings. The standard InChI is InChI=1S/C18H19N9O/c1-25-15-7-3-2-6-13(15)20-17(25)12-5-4-8-26(10-12)18(28)14-9-16(22-21-14)27-11-19-23-24-27/h2-3,6-7,9,11-12H,4-5,8,10H2,1H3,(H,21,22). The smallest absolute Gasteiger partial charge is 0.271 e. The van der Waals surface area contributed by atoms with E-state index in [0.717, 1.165) is 36.2 Å². The van der Waals surface area contributed by atoms with E-state index in [-0.39, 0.29) is 11.8 Å². The van der Waals surface area contributed by atoms with Crippen molar-refractivity contribution in [2.45, 2.75) is 18.8 Å². The van der Waals surface area contributed by atoms with Crippen LogP contribution in [0.3, 0.4) is 0 Å². The largest absolute Gasteiger partial charge is 0.337 e. The van der Waals surface area contributed by atoms with E-state index in [9.17, 15) is 4.79 Å². The van der Waals surface area contributed by atoms with Gasteiger partial charge in [-0.15, -0.1) is 5.10 Å². The molecule has 10 heteroatoms. The van der Waals surface area contributed by atoms with E-state index in [2.05, 4.69) is 36.4 Å². The lowest BCUT2D eigenvalue weighted by Crippen LogP contribution is -2.39. The number of H-pyrrole nitrogens is 1. The molecule has 1 atom stereocenters. The molecule has 4 aromatic rings. The molecular formula is C18H19N9O. The number of nitrogens with zero attached hydrogens (tertiary/aromatic N) is 8. The van der Waals surface area contributed by atoms with Crippen LogP contribution in [-0.2, 0) is 7.05 Å². The maximum atomic E-state index is 13.0. The van der Waals surface area contributed by atoms with E-state index in [1.165, 1.54) is 11.0 Å². The van der Waals surface area contributed by atoms with Crippen LogP contribution in [0.1, 0.15) is 35.1 Å². The number of rotatable bonds is 3. The highest BCUT2D eigenvalue weighted by Crippen LogP contribution is 2.29. The van der Waals surface area contributed by atoms with Gasteiger partial charge in [0.25, 0.3) is 5.91 Å². The maximum Gasteiger partial charge on any atom is 0.271 e. The number of nitrogens with one attached hydrogen (secondary N) is 1. The number of amides is 1. The number of piperidine rings is 1. The van der Waals surface area contributed by atoms with Gasteiger partial charge in [-0.1, -0.05) is 12.1 Å². The second-order valence-electron chi connectivity index (χ2n) is 7.00. The number of tetrazole rings is 1. The maximum absolute atomic E-state index is 13.0. The molecule has 1 aromatic carbocycles. The number of para-hydroxylation sites is 2. The fourth-order valence-corrected chi connectivity index (χ4v) is 3.88. The van der Waals surface area contributed by atoms with E-state index < -0.39 is 0 Å². The van der Waals surface area contributed by atoms with Crippen molar-refractivity contribution in [3.63, 3.8) is 0 Å². The first-order valence-electron chi connectivity index (χ1n) is 9.20. The molecule has 28 heavy (non-hydrogen) atoms. The molecule has 1 fully saturated rings. The minimum atomic E-state index is -0.0738. The second kappa shape index (κ2) is 6.55. The Morgan fingerprint density at radius 2 is 2.18 bits per heavy atom. The lowest BCUT2D eigenvalue weighted by Gasteiger charge is -2.32. The summed E-state index contributed by atoms with van der Waals surface area (Å²) >= 11 is 0. The van der Waals surface area contributed by atoms with Crippen LogP contribution in [0.25, 0.3) is 16.9 Å². The van der Waals surface area contributed by atoms with Crippen molar-refractivity contribution in [1.29, 1.82) is 0 Å². The van der Waals surface area contributed by atoms with Gasteiger partial charge in [-0.05, 0) is 35.4 Å². The number of aryl methyl sites for hydroxylation is 1. The SMILES string of the molecule is Cn1c(C2CCCN(C(=O)c3cc(-n4cnnn4)n[nH]3)C2)nc2ccccc21. The monoisotopic (exact) mass is 377 g/mol. The van der Waals surface area contributed by atoms with Gasteiger partial charge in [-0.3, -0.25) is 9.89 Å². The number of carbonyl (C=O) groups is 1. The summed E-state index contributed by atoms with van der Waals surface area (Å²) in [4.78, 5) is 19.7. The van der Waals surface area contributed by atoms with Gasteiger partial charge in [0.1, 0.15) is 17.8 Å². The summed E-state index contributed by atoms with van der Waals surface area (Å²) in [6, 6.07) is 9.77. The summed E-state index contributed by atoms with van der Waals surface area (Å²) < 4.78 is 3.55. The molecule has 1 saturated heterocycles. The Morgan fingerprint density at radius 3 is 3.00 bits per heavy atom. The van der Waals surface area contributed by atoms with Crippen molar-refractivity contribution in [1.82, 2.24) is 44.9 Å². The first kappa shape index (κ1) is 16.6. The van der Waals surface area contributed by atoms with Crippen LogP contribution in [-0.4, -0.2) is 63.9 Å². The van der Waals surface area contributed by atoms with E-state index in [1.807, 2.05) is 30.1 Å². The zero-order valence-corrected chi connectivity index (χ0v) is 15.4. The molecule has 5 rings (SSSR count). The summed E-state index contributed by atoms with van der Waals surface area (Å²) in [5.41, 5.74) is 2.53. The zero-order chi connectivity index (χ0) is 19.1. The van der Waals surface area contributed by atoms with Crippen LogP contribution >= 0.6 is 0 Å². The minimum absolute atomic E-state index is 0.0738. The van der Waals surface area contributed by atoms with Crippen LogP contribution in [0.5, 0.6) is 0 Å². The van der Waals surface area contributed by atoms with Gasteiger partial charge in [-0.2, -0.15) is 9.78 Å². The highest BCUT2D eigenvalue weighted by atomic mass is 16.2. The van der Waals surface area contributed by atoms with Gasteiger partial charge < -0.3 is 9.47 Å². The third-order valence-corrected chi connectivity index (χ3v) is 5.27. The van der Waals surface area contributed by atoms with E-state index in [0.29, 0.717) is 18.1 Å². The van der Waals surface area contributed by atoms with Crippen molar-refractivity contribution < 1.29 is 4.79 Å². The molecule has 1 N–H and O–H groups in total. The first-order chi connectivity index (χ1) is 13.7. The summed E-state index contributed by atoms with van der Waals surface area (Å²) in [7, 11) is 2.04. The Hall–Kier alpha value is -3.56. The fourth-order valence-electron chi connectivity index (χ4n) is 3.88. The van der Waals surface area contributed by atoms with Crippen LogP contribution in [0.2, 0.25) is 0 Å². The Labute approximate surface area is 160 Å². The molecule has 1 aliphatic heterocycles. The highest BCUT2D eigenvalue weighted by Gasteiger charge is 2.29. The minimum Gasteiger partial charge on any atom is -0.337 e. The summed E-state index contributed by atoms with van der Waals surface area (Å²) in [5.74, 6) is 1.64.